The van der Waals surface area contributed by atoms with Gasteiger partial charge in [0.1, 0.15) is 5.75 Å². The minimum atomic E-state index is 0.394. The van der Waals surface area contributed by atoms with E-state index in [1.54, 1.807) is 0 Å². The smallest absolute Gasteiger partial charge is 0.189 e. The van der Waals surface area contributed by atoms with Gasteiger partial charge < -0.3 is 9.47 Å². The number of ether oxygens (including phenoxy) is 2. The van der Waals surface area contributed by atoms with Crippen molar-refractivity contribution in [2.45, 2.75) is 90.1 Å². The number of benzene rings is 1. The molecule has 2 nitrogen and oxygen atoms in total. The van der Waals surface area contributed by atoms with Crippen LogP contribution in [0.1, 0.15) is 89.5 Å². The third kappa shape index (κ3) is 5.48. The maximum absolute atomic E-state index is 6.08. The van der Waals surface area contributed by atoms with Crippen molar-refractivity contribution in [3.63, 3.8) is 0 Å². The Hall–Kier alpha value is -1.02. The zero-order chi connectivity index (χ0) is 17.5. The Kier molecular flexibility index (Phi) is 7.22. The standard InChI is InChI=1S/C23H36O2/c1-3-18(2)19-12-14-22(15-13-19)24-17-25-23-11-7-10-21(16-23)20-8-5-4-6-9-20/h12-15,18,20-21,23H,3-11,16-17H2,1-2H3. The summed E-state index contributed by atoms with van der Waals surface area (Å²) in [6, 6.07) is 8.53. The van der Waals surface area contributed by atoms with Crippen LogP contribution in [-0.2, 0) is 4.74 Å². The first-order chi connectivity index (χ1) is 12.3. The molecule has 2 heteroatoms. The van der Waals surface area contributed by atoms with E-state index in [0.29, 0.717) is 18.8 Å². The molecule has 0 N–H and O–H groups in total. The summed E-state index contributed by atoms with van der Waals surface area (Å²) >= 11 is 0. The minimum Gasteiger partial charge on any atom is -0.468 e. The van der Waals surface area contributed by atoms with Gasteiger partial charge in [-0.1, -0.05) is 64.5 Å². The quantitative estimate of drug-likeness (QED) is 0.513. The van der Waals surface area contributed by atoms with Gasteiger partial charge in [-0.05, 0) is 61.1 Å². The van der Waals surface area contributed by atoms with E-state index in [9.17, 15) is 0 Å². The first kappa shape index (κ1) is 18.8. The molecule has 0 radical (unpaired) electrons. The highest BCUT2D eigenvalue weighted by Crippen LogP contribution is 2.39. The molecule has 1 aromatic rings. The van der Waals surface area contributed by atoms with Gasteiger partial charge >= 0.3 is 0 Å². The van der Waals surface area contributed by atoms with Crippen LogP contribution in [0.3, 0.4) is 0 Å². The lowest BCUT2D eigenvalue weighted by Gasteiger charge is -2.36. The molecule has 0 amide bonds. The Balaban J connectivity index is 1.40. The van der Waals surface area contributed by atoms with Gasteiger partial charge in [0, 0.05) is 0 Å². The highest BCUT2D eigenvalue weighted by molar-refractivity contribution is 5.29. The van der Waals surface area contributed by atoms with Crippen molar-refractivity contribution < 1.29 is 9.47 Å². The van der Waals surface area contributed by atoms with E-state index in [4.69, 9.17) is 9.47 Å². The van der Waals surface area contributed by atoms with Crippen LogP contribution >= 0.6 is 0 Å². The lowest BCUT2D eigenvalue weighted by atomic mass is 9.73. The molecular formula is C23H36O2. The van der Waals surface area contributed by atoms with Crippen molar-refractivity contribution in [1.82, 2.24) is 0 Å². The predicted molar refractivity (Wildman–Crippen MR) is 104 cm³/mol. The van der Waals surface area contributed by atoms with E-state index in [2.05, 4.69) is 38.1 Å². The Morgan fingerprint density at radius 2 is 1.64 bits per heavy atom. The molecule has 140 valence electrons. The van der Waals surface area contributed by atoms with E-state index in [1.165, 1.54) is 69.8 Å². The van der Waals surface area contributed by atoms with Crippen LogP contribution < -0.4 is 4.74 Å². The molecule has 2 saturated carbocycles. The van der Waals surface area contributed by atoms with Gasteiger partial charge in [0.2, 0.25) is 0 Å². The van der Waals surface area contributed by atoms with Crippen LogP contribution in [0.15, 0.2) is 24.3 Å². The first-order valence-corrected chi connectivity index (χ1v) is 10.6. The summed E-state index contributed by atoms with van der Waals surface area (Å²) in [4.78, 5) is 0. The van der Waals surface area contributed by atoms with Crippen LogP contribution in [0.25, 0.3) is 0 Å². The first-order valence-electron chi connectivity index (χ1n) is 10.6. The third-order valence-electron chi connectivity index (χ3n) is 6.57. The molecule has 3 atom stereocenters. The van der Waals surface area contributed by atoms with E-state index >= 15 is 0 Å². The normalized spacial score (nSPS) is 26.3. The molecular weight excluding hydrogens is 308 g/mol. The molecule has 3 rings (SSSR count). The largest absolute Gasteiger partial charge is 0.468 e. The van der Waals surface area contributed by atoms with Crippen molar-refractivity contribution in [3.8, 4) is 5.75 Å². The lowest BCUT2D eigenvalue weighted by molar-refractivity contribution is -0.0641. The van der Waals surface area contributed by atoms with Gasteiger partial charge in [-0.25, -0.2) is 0 Å². The fourth-order valence-electron chi connectivity index (χ4n) is 4.69. The van der Waals surface area contributed by atoms with Gasteiger partial charge in [-0.2, -0.15) is 0 Å². The Morgan fingerprint density at radius 1 is 0.920 bits per heavy atom. The number of hydrogen-bond donors (Lipinski definition) is 0. The van der Waals surface area contributed by atoms with Crippen molar-refractivity contribution in [2.24, 2.45) is 11.8 Å². The Morgan fingerprint density at radius 3 is 2.36 bits per heavy atom. The molecule has 0 saturated heterocycles. The summed E-state index contributed by atoms with van der Waals surface area (Å²) in [5.41, 5.74) is 1.39. The zero-order valence-corrected chi connectivity index (χ0v) is 16.2. The van der Waals surface area contributed by atoms with Crippen molar-refractivity contribution in [2.75, 3.05) is 6.79 Å². The molecule has 0 heterocycles. The molecule has 3 unspecified atom stereocenters. The van der Waals surface area contributed by atoms with E-state index in [1.807, 2.05) is 0 Å². The molecule has 0 bridgehead atoms. The third-order valence-corrected chi connectivity index (χ3v) is 6.57. The van der Waals surface area contributed by atoms with Crippen molar-refractivity contribution in [3.05, 3.63) is 29.8 Å². The average molecular weight is 345 g/mol. The van der Waals surface area contributed by atoms with Crippen LogP contribution in [-0.4, -0.2) is 12.9 Å². The summed E-state index contributed by atoms with van der Waals surface area (Å²) in [7, 11) is 0. The monoisotopic (exact) mass is 344 g/mol. The lowest BCUT2D eigenvalue weighted by Crippen LogP contribution is -2.29. The minimum absolute atomic E-state index is 0.394. The number of hydrogen-bond acceptors (Lipinski definition) is 2. The summed E-state index contributed by atoms with van der Waals surface area (Å²) in [6.07, 6.45) is 14.0. The maximum Gasteiger partial charge on any atom is 0.189 e. The highest BCUT2D eigenvalue weighted by atomic mass is 16.7. The van der Waals surface area contributed by atoms with Gasteiger partial charge in [0.15, 0.2) is 6.79 Å². The molecule has 0 spiro atoms. The van der Waals surface area contributed by atoms with Gasteiger partial charge in [-0.15, -0.1) is 0 Å². The summed E-state index contributed by atoms with van der Waals surface area (Å²) in [5, 5.41) is 0. The van der Waals surface area contributed by atoms with Crippen molar-refractivity contribution >= 4 is 0 Å². The fourth-order valence-corrected chi connectivity index (χ4v) is 4.69. The van der Waals surface area contributed by atoms with Gasteiger partial charge in [0.25, 0.3) is 0 Å². The van der Waals surface area contributed by atoms with E-state index < -0.39 is 0 Å². The highest BCUT2D eigenvalue weighted by Gasteiger charge is 2.29. The summed E-state index contributed by atoms with van der Waals surface area (Å²) in [5.74, 6) is 3.40. The van der Waals surface area contributed by atoms with Crippen LogP contribution in [0.5, 0.6) is 5.75 Å². The van der Waals surface area contributed by atoms with E-state index in [0.717, 1.165) is 17.6 Å². The van der Waals surface area contributed by atoms with Gasteiger partial charge in [-0.3, -0.25) is 0 Å². The molecule has 2 aliphatic carbocycles. The summed E-state index contributed by atoms with van der Waals surface area (Å²) < 4.78 is 11.9. The molecule has 2 aliphatic rings. The number of rotatable bonds is 7. The second kappa shape index (κ2) is 9.62. The zero-order valence-electron chi connectivity index (χ0n) is 16.2. The SMILES string of the molecule is CCC(C)c1ccc(OCOC2CCCC(C3CCCCC3)C2)cc1. The molecule has 0 aromatic heterocycles. The Bertz CT molecular complexity index is 489. The predicted octanol–water partition coefficient (Wildman–Crippen LogP) is 6.69. The maximum atomic E-state index is 6.08. The molecule has 0 aliphatic heterocycles. The Labute approximate surface area is 154 Å². The van der Waals surface area contributed by atoms with E-state index in [-0.39, 0.29) is 0 Å². The second-order valence-corrected chi connectivity index (χ2v) is 8.25. The average Bonchev–Trinajstić information content (AvgIpc) is 2.69. The molecule has 1 aromatic carbocycles. The second-order valence-electron chi connectivity index (χ2n) is 8.25. The molecule has 2 fully saturated rings. The molecule has 25 heavy (non-hydrogen) atoms. The summed E-state index contributed by atoms with van der Waals surface area (Å²) in [6.45, 7) is 4.89. The van der Waals surface area contributed by atoms with Gasteiger partial charge in [0.05, 0.1) is 6.10 Å². The van der Waals surface area contributed by atoms with Crippen LogP contribution in [0.2, 0.25) is 0 Å². The van der Waals surface area contributed by atoms with Crippen LogP contribution in [0, 0.1) is 11.8 Å². The fraction of sp³-hybridized carbons (Fsp3) is 0.739. The topological polar surface area (TPSA) is 18.5 Å². The van der Waals surface area contributed by atoms with Crippen molar-refractivity contribution in [1.29, 1.82) is 0 Å². The van der Waals surface area contributed by atoms with Crippen LogP contribution in [0.4, 0.5) is 0 Å².